The minimum absolute atomic E-state index is 0.0962. The van der Waals surface area contributed by atoms with Crippen molar-refractivity contribution in [2.24, 2.45) is 0 Å². The maximum absolute atomic E-state index is 10.8. The highest BCUT2D eigenvalue weighted by Gasteiger charge is 2.14. The molecule has 0 radical (unpaired) electrons. The van der Waals surface area contributed by atoms with Crippen LogP contribution in [-0.2, 0) is 6.42 Å². The molecule has 0 fully saturated rings. The van der Waals surface area contributed by atoms with E-state index in [4.69, 9.17) is 5.11 Å². The molecule has 0 saturated heterocycles. The minimum Gasteiger partial charge on any atom is -0.478 e. The predicted molar refractivity (Wildman–Crippen MR) is 50.5 cm³/mol. The van der Waals surface area contributed by atoms with Crippen molar-refractivity contribution in [2.75, 3.05) is 0 Å². The van der Waals surface area contributed by atoms with Gasteiger partial charge in [0.25, 0.3) is 0 Å². The Kier molecular flexibility index (Phi) is 2.45. The summed E-state index contributed by atoms with van der Waals surface area (Å²) in [6, 6.07) is 3.64. The molecule has 0 aliphatic heterocycles. The lowest BCUT2D eigenvalue weighted by Gasteiger charge is -1.96. The Hall–Kier alpha value is -2.17. The van der Waals surface area contributed by atoms with E-state index < -0.39 is 5.97 Å². The molecule has 5 heteroatoms. The molecule has 0 atom stereocenters. The summed E-state index contributed by atoms with van der Waals surface area (Å²) in [5, 5.41) is 12.5. The Morgan fingerprint density at radius 3 is 3.07 bits per heavy atom. The van der Waals surface area contributed by atoms with E-state index in [2.05, 4.69) is 14.7 Å². The van der Waals surface area contributed by atoms with Crippen LogP contribution in [0.2, 0.25) is 0 Å². The lowest BCUT2D eigenvalue weighted by molar-refractivity contribution is 0.0695. The van der Waals surface area contributed by atoms with Crippen molar-refractivity contribution in [3.05, 3.63) is 47.6 Å². The fraction of sp³-hybridized carbons (Fsp3) is 0.100. The summed E-state index contributed by atoms with van der Waals surface area (Å²) in [6.45, 7) is 0. The summed E-state index contributed by atoms with van der Waals surface area (Å²) >= 11 is 0. The molecular weight excluding hydrogens is 196 g/mol. The Morgan fingerprint density at radius 1 is 1.53 bits per heavy atom. The summed E-state index contributed by atoms with van der Waals surface area (Å²) < 4.78 is 4.63. The van der Waals surface area contributed by atoms with E-state index in [-0.39, 0.29) is 5.56 Å². The number of hydrogen-bond donors (Lipinski definition) is 1. The van der Waals surface area contributed by atoms with Crippen LogP contribution in [-0.4, -0.2) is 21.2 Å². The summed E-state index contributed by atoms with van der Waals surface area (Å²) in [5.41, 5.74) is 1.41. The van der Waals surface area contributed by atoms with Gasteiger partial charge in [-0.2, -0.15) is 0 Å². The SMILES string of the molecule is O=C(O)c1conc1Cc1cccnc1. The van der Waals surface area contributed by atoms with E-state index in [0.717, 1.165) is 11.8 Å². The van der Waals surface area contributed by atoms with Crippen molar-refractivity contribution in [2.45, 2.75) is 6.42 Å². The van der Waals surface area contributed by atoms with Crippen LogP contribution in [0.5, 0.6) is 0 Å². The molecule has 5 nitrogen and oxygen atoms in total. The molecule has 0 spiro atoms. The zero-order valence-electron chi connectivity index (χ0n) is 7.75. The molecule has 0 aromatic carbocycles. The monoisotopic (exact) mass is 204 g/mol. The molecule has 0 aliphatic carbocycles. The van der Waals surface area contributed by atoms with Gasteiger partial charge in [0.2, 0.25) is 0 Å². The first kappa shape index (κ1) is 9.39. The van der Waals surface area contributed by atoms with Gasteiger partial charge in [-0.05, 0) is 11.6 Å². The average Bonchev–Trinajstić information content (AvgIpc) is 2.67. The first-order valence-corrected chi connectivity index (χ1v) is 4.33. The van der Waals surface area contributed by atoms with Crippen LogP contribution in [0.25, 0.3) is 0 Å². The largest absolute Gasteiger partial charge is 0.478 e. The predicted octanol–water partition coefficient (Wildman–Crippen LogP) is 1.36. The molecule has 0 bridgehead atoms. The molecule has 0 unspecified atom stereocenters. The Balaban J connectivity index is 2.25. The summed E-state index contributed by atoms with van der Waals surface area (Å²) in [4.78, 5) is 14.7. The maximum Gasteiger partial charge on any atom is 0.340 e. The number of aromatic carboxylic acids is 1. The molecule has 2 heterocycles. The van der Waals surface area contributed by atoms with E-state index in [9.17, 15) is 4.79 Å². The van der Waals surface area contributed by atoms with E-state index in [1.165, 1.54) is 0 Å². The van der Waals surface area contributed by atoms with Gasteiger partial charge in [0.15, 0.2) is 0 Å². The molecule has 76 valence electrons. The van der Waals surface area contributed by atoms with Crippen molar-refractivity contribution in [3.8, 4) is 0 Å². The quantitative estimate of drug-likeness (QED) is 0.816. The Labute approximate surface area is 85.4 Å². The zero-order valence-corrected chi connectivity index (χ0v) is 7.75. The highest BCUT2D eigenvalue weighted by molar-refractivity contribution is 5.88. The van der Waals surface area contributed by atoms with E-state index in [1.54, 1.807) is 18.5 Å². The second kappa shape index (κ2) is 3.91. The normalized spacial score (nSPS) is 10.1. The van der Waals surface area contributed by atoms with Crippen LogP contribution in [0.4, 0.5) is 0 Å². The molecule has 0 aliphatic rings. The minimum atomic E-state index is -1.03. The lowest BCUT2D eigenvalue weighted by Crippen LogP contribution is -2.00. The molecule has 0 amide bonds. The third-order valence-electron chi connectivity index (χ3n) is 1.97. The molecule has 0 saturated carbocycles. The van der Waals surface area contributed by atoms with Crippen LogP contribution >= 0.6 is 0 Å². The number of pyridine rings is 1. The van der Waals surface area contributed by atoms with Gasteiger partial charge in [-0.15, -0.1) is 0 Å². The van der Waals surface area contributed by atoms with Crippen LogP contribution in [0.15, 0.2) is 35.3 Å². The van der Waals surface area contributed by atoms with Gasteiger partial charge in [0, 0.05) is 18.8 Å². The fourth-order valence-corrected chi connectivity index (χ4v) is 1.26. The van der Waals surface area contributed by atoms with E-state index in [1.807, 2.05) is 6.07 Å². The summed E-state index contributed by atoms with van der Waals surface area (Å²) in [7, 11) is 0. The van der Waals surface area contributed by atoms with Crippen molar-refractivity contribution in [3.63, 3.8) is 0 Å². The maximum atomic E-state index is 10.8. The van der Waals surface area contributed by atoms with Gasteiger partial charge in [0.05, 0.1) is 0 Å². The first-order chi connectivity index (χ1) is 7.27. The lowest BCUT2D eigenvalue weighted by atomic mass is 10.1. The molecule has 2 aromatic heterocycles. The number of carboxylic acid groups (broad SMARTS) is 1. The Morgan fingerprint density at radius 2 is 2.40 bits per heavy atom. The number of hydrogen-bond acceptors (Lipinski definition) is 4. The number of carboxylic acids is 1. The van der Waals surface area contributed by atoms with Gasteiger partial charge >= 0.3 is 5.97 Å². The fourth-order valence-electron chi connectivity index (χ4n) is 1.26. The van der Waals surface area contributed by atoms with E-state index >= 15 is 0 Å². The van der Waals surface area contributed by atoms with Crippen LogP contribution < -0.4 is 0 Å². The molecule has 2 aromatic rings. The third kappa shape index (κ3) is 2.01. The highest BCUT2D eigenvalue weighted by Crippen LogP contribution is 2.11. The molecule has 1 N–H and O–H groups in total. The van der Waals surface area contributed by atoms with Gasteiger partial charge in [-0.3, -0.25) is 4.98 Å². The third-order valence-corrected chi connectivity index (χ3v) is 1.97. The topological polar surface area (TPSA) is 76.2 Å². The summed E-state index contributed by atoms with van der Waals surface area (Å²) in [5.74, 6) is -1.03. The first-order valence-electron chi connectivity index (χ1n) is 4.33. The highest BCUT2D eigenvalue weighted by atomic mass is 16.5. The molecule has 2 rings (SSSR count). The van der Waals surface area contributed by atoms with Crippen LogP contribution in [0.1, 0.15) is 21.6 Å². The standard InChI is InChI=1S/C10H8N2O3/c13-10(14)8-6-15-12-9(8)4-7-2-1-3-11-5-7/h1-3,5-6H,4H2,(H,13,14). The number of rotatable bonds is 3. The summed E-state index contributed by atoms with van der Waals surface area (Å²) in [6.07, 6.45) is 4.87. The number of carbonyl (C=O) groups is 1. The second-order valence-electron chi connectivity index (χ2n) is 3.02. The number of aromatic nitrogens is 2. The van der Waals surface area contributed by atoms with Crippen molar-refractivity contribution in [1.82, 2.24) is 10.1 Å². The zero-order chi connectivity index (χ0) is 10.7. The average molecular weight is 204 g/mol. The van der Waals surface area contributed by atoms with Crippen molar-refractivity contribution in [1.29, 1.82) is 0 Å². The molecular formula is C10H8N2O3. The molecule has 15 heavy (non-hydrogen) atoms. The van der Waals surface area contributed by atoms with Gasteiger partial charge in [0.1, 0.15) is 17.5 Å². The van der Waals surface area contributed by atoms with Gasteiger partial charge in [-0.25, -0.2) is 4.79 Å². The van der Waals surface area contributed by atoms with E-state index in [0.29, 0.717) is 12.1 Å². The van der Waals surface area contributed by atoms with Crippen LogP contribution in [0.3, 0.4) is 0 Å². The van der Waals surface area contributed by atoms with Gasteiger partial charge in [-0.1, -0.05) is 11.2 Å². The second-order valence-corrected chi connectivity index (χ2v) is 3.02. The van der Waals surface area contributed by atoms with Gasteiger partial charge < -0.3 is 9.63 Å². The van der Waals surface area contributed by atoms with Crippen LogP contribution in [0, 0.1) is 0 Å². The smallest absolute Gasteiger partial charge is 0.340 e. The number of nitrogens with zero attached hydrogens (tertiary/aromatic N) is 2. The van der Waals surface area contributed by atoms with Crippen molar-refractivity contribution < 1.29 is 14.4 Å². The van der Waals surface area contributed by atoms with Crippen molar-refractivity contribution >= 4 is 5.97 Å². The Bertz CT molecular complexity index is 465.